The Bertz CT molecular complexity index is 828. The van der Waals surface area contributed by atoms with Crippen LogP contribution in [0.25, 0.3) is 0 Å². The lowest BCUT2D eigenvalue weighted by Crippen LogP contribution is -2.53. The highest BCUT2D eigenvalue weighted by Gasteiger charge is 2.61. The molecule has 1 spiro atoms. The topological polar surface area (TPSA) is 27.7 Å². The Balaban J connectivity index is 1.35. The van der Waals surface area contributed by atoms with Crippen LogP contribution in [0.5, 0.6) is 0 Å². The van der Waals surface area contributed by atoms with Crippen molar-refractivity contribution < 1.29 is 13.9 Å². The maximum Gasteiger partial charge on any atom is 0.241 e. The van der Waals surface area contributed by atoms with E-state index in [4.69, 9.17) is 13.9 Å². The van der Waals surface area contributed by atoms with Gasteiger partial charge < -0.3 is 13.9 Å². The number of ether oxygens (including phenoxy) is 2. The fourth-order valence-corrected chi connectivity index (χ4v) is 9.37. The average Bonchev–Trinajstić information content (AvgIpc) is 3.36. The van der Waals surface area contributed by atoms with E-state index in [2.05, 4.69) is 39.6 Å². The molecular formula is C27H42O3Si. The van der Waals surface area contributed by atoms with E-state index in [1.54, 1.807) is 5.57 Å². The first-order valence-corrected chi connectivity index (χ1v) is 16.4. The Labute approximate surface area is 190 Å². The first kappa shape index (κ1) is 21.0. The van der Waals surface area contributed by atoms with Crippen LogP contribution >= 0.6 is 0 Å². The molecule has 0 radical (unpaired) electrons. The van der Waals surface area contributed by atoms with E-state index in [1.807, 2.05) is 5.57 Å². The molecular weight excluding hydrogens is 400 g/mol. The normalized spacial score (nSPS) is 44.0. The Kier molecular flexibility index (Phi) is 4.55. The molecule has 6 rings (SSSR count). The predicted octanol–water partition coefficient (Wildman–Crippen LogP) is 6.82. The van der Waals surface area contributed by atoms with Crippen LogP contribution in [0.4, 0.5) is 0 Å². The zero-order valence-electron chi connectivity index (χ0n) is 20.4. The molecule has 1 heterocycles. The van der Waals surface area contributed by atoms with Crippen molar-refractivity contribution in [2.75, 3.05) is 13.2 Å². The maximum atomic E-state index is 6.69. The van der Waals surface area contributed by atoms with Crippen molar-refractivity contribution in [3.05, 3.63) is 23.0 Å². The molecule has 5 atom stereocenters. The molecule has 6 aliphatic rings. The molecule has 0 amide bonds. The summed E-state index contributed by atoms with van der Waals surface area (Å²) in [4.78, 5) is 0. The largest absolute Gasteiger partial charge is 0.547 e. The second-order valence-electron chi connectivity index (χ2n) is 13.0. The van der Waals surface area contributed by atoms with Gasteiger partial charge in [-0.1, -0.05) is 25.0 Å². The van der Waals surface area contributed by atoms with Crippen molar-refractivity contribution >= 4 is 8.32 Å². The van der Waals surface area contributed by atoms with Gasteiger partial charge in [-0.15, -0.1) is 0 Å². The van der Waals surface area contributed by atoms with Gasteiger partial charge in [0.05, 0.1) is 19.0 Å². The molecule has 3 saturated carbocycles. The second-order valence-corrected chi connectivity index (χ2v) is 17.5. The third-order valence-corrected chi connectivity index (χ3v) is 10.9. The minimum absolute atomic E-state index is 0.261. The van der Waals surface area contributed by atoms with Crippen LogP contribution in [0.1, 0.15) is 71.6 Å². The van der Waals surface area contributed by atoms with E-state index in [1.165, 1.54) is 50.7 Å². The molecule has 4 heteroatoms. The van der Waals surface area contributed by atoms with Gasteiger partial charge in [0.2, 0.25) is 8.32 Å². The third-order valence-electron chi connectivity index (χ3n) is 10.1. The molecule has 0 aromatic heterocycles. The first-order valence-electron chi connectivity index (χ1n) is 13.0. The van der Waals surface area contributed by atoms with Gasteiger partial charge in [-0.25, -0.2) is 0 Å². The van der Waals surface area contributed by atoms with Crippen LogP contribution < -0.4 is 0 Å². The molecule has 5 aliphatic carbocycles. The van der Waals surface area contributed by atoms with E-state index >= 15 is 0 Å². The molecule has 1 aliphatic heterocycles. The lowest BCUT2D eigenvalue weighted by Gasteiger charge is -2.60. The van der Waals surface area contributed by atoms with Crippen LogP contribution in [0, 0.1) is 34.5 Å². The first-order chi connectivity index (χ1) is 14.6. The lowest BCUT2D eigenvalue weighted by molar-refractivity contribution is -0.185. The molecule has 172 valence electrons. The summed E-state index contributed by atoms with van der Waals surface area (Å²) >= 11 is 0. The van der Waals surface area contributed by atoms with Crippen molar-refractivity contribution in [2.45, 2.75) is 97.1 Å². The highest BCUT2D eigenvalue weighted by molar-refractivity contribution is 6.70. The Morgan fingerprint density at radius 2 is 1.68 bits per heavy atom. The van der Waals surface area contributed by atoms with Gasteiger partial charge in [0.1, 0.15) is 0 Å². The van der Waals surface area contributed by atoms with Gasteiger partial charge in [0.25, 0.3) is 0 Å². The number of hydrogen-bond donors (Lipinski definition) is 0. The van der Waals surface area contributed by atoms with Crippen molar-refractivity contribution in [2.24, 2.45) is 34.5 Å². The quantitative estimate of drug-likeness (QED) is 0.354. The van der Waals surface area contributed by atoms with Crippen LogP contribution in [0.3, 0.4) is 0 Å². The van der Waals surface area contributed by atoms with Gasteiger partial charge in [-0.3, -0.25) is 0 Å². The molecule has 0 aromatic carbocycles. The van der Waals surface area contributed by atoms with E-state index in [0.29, 0.717) is 5.41 Å². The second kappa shape index (κ2) is 6.73. The number of fused-ring (bicyclic) bond motifs is 5. The summed E-state index contributed by atoms with van der Waals surface area (Å²) in [6.07, 6.45) is 13.9. The Morgan fingerprint density at radius 1 is 0.935 bits per heavy atom. The summed E-state index contributed by atoms with van der Waals surface area (Å²) < 4.78 is 19.1. The summed E-state index contributed by atoms with van der Waals surface area (Å²) in [6, 6.07) is 0. The van der Waals surface area contributed by atoms with Gasteiger partial charge >= 0.3 is 0 Å². The molecule has 0 bridgehead atoms. The predicted molar refractivity (Wildman–Crippen MR) is 126 cm³/mol. The highest BCUT2D eigenvalue weighted by atomic mass is 28.4. The fraction of sp³-hybridized carbons (Fsp3) is 0.852. The smallest absolute Gasteiger partial charge is 0.241 e. The SMILES string of the molecule is C[C@]12CCC3(CC1=C(C1CC1)C[C@@H]1[C@@H]2CC[C@]2(C)C(O[Si](C)(C)C)=CC[C@@H]12)OCCO3. The van der Waals surface area contributed by atoms with E-state index in [-0.39, 0.29) is 11.2 Å². The van der Waals surface area contributed by atoms with E-state index in [0.717, 1.165) is 49.7 Å². The summed E-state index contributed by atoms with van der Waals surface area (Å²) in [5, 5.41) is 0. The number of allylic oxidation sites excluding steroid dienone is 3. The summed E-state index contributed by atoms with van der Waals surface area (Å²) in [6.45, 7) is 13.7. The third kappa shape index (κ3) is 3.18. The summed E-state index contributed by atoms with van der Waals surface area (Å²) in [7, 11) is -1.58. The number of hydrogen-bond acceptors (Lipinski definition) is 3. The van der Waals surface area contributed by atoms with Crippen molar-refractivity contribution in [1.82, 2.24) is 0 Å². The summed E-state index contributed by atoms with van der Waals surface area (Å²) in [5.41, 5.74) is 4.23. The molecule has 0 N–H and O–H groups in total. The zero-order valence-corrected chi connectivity index (χ0v) is 21.4. The Hall–Kier alpha value is -0.583. The van der Waals surface area contributed by atoms with Crippen LogP contribution in [0.2, 0.25) is 19.6 Å². The van der Waals surface area contributed by atoms with Gasteiger partial charge in [0.15, 0.2) is 5.79 Å². The fourth-order valence-electron chi connectivity index (χ4n) is 8.39. The van der Waals surface area contributed by atoms with Crippen LogP contribution in [0.15, 0.2) is 23.0 Å². The van der Waals surface area contributed by atoms with Crippen molar-refractivity contribution in [3.63, 3.8) is 0 Å². The monoisotopic (exact) mass is 442 g/mol. The molecule has 0 aromatic rings. The molecule has 3 nitrogen and oxygen atoms in total. The highest BCUT2D eigenvalue weighted by Crippen LogP contribution is 2.68. The van der Waals surface area contributed by atoms with Crippen LogP contribution in [-0.2, 0) is 13.9 Å². The molecule has 4 fully saturated rings. The molecule has 31 heavy (non-hydrogen) atoms. The van der Waals surface area contributed by atoms with Gasteiger partial charge in [-0.2, -0.15) is 0 Å². The minimum atomic E-state index is -1.58. The lowest BCUT2D eigenvalue weighted by atomic mass is 9.46. The molecule has 1 saturated heterocycles. The van der Waals surface area contributed by atoms with E-state index in [9.17, 15) is 0 Å². The van der Waals surface area contributed by atoms with Crippen molar-refractivity contribution in [1.29, 1.82) is 0 Å². The zero-order chi connectivity index (χ0) is 21.6. The standard InChI is InChI=1S/C27H42O3Si/c1-25-12-13-27(28-14-15-29-27)17-23(25)19(18-6-7-18)16-20-21-8-9-24(30-31(3,4)5)26(21,2)11-10-22(20)25/h9,18,20-22H,6-8,10-17H2,1-5H3/t20-,21-,22-,25+,26-/m0/s1. The van der Waals surface area contributed by atoms with Crippen LogP contribution in [-0.4, -0.2) is 27.3 Å². The van der Waals surface area contributed by atoms with E-state index < -0.39 is 8.32 Å². The van der Waals surface area contributed by atoms with Crippen molar-refractivity contribution in [3.8, 4) is 0 Å². The minimum Gasteiger partial charge on any atom is -0.547 e. The average molecular weight is 443 g/mol. The maximum absolute atomic E-state index is 6.69. The summed E-state index contributed by atoms with van der Waals surface area (Å²) in [5.74, 6) is 4.33. The Morgan fingerprint density at radius 3 is 2.35 bits per heavy atom. The van der Waals surface area contributed by atoms with Gasteiger partial charge in [0, 0.05) is 18.3 Å². The molecule has 0 unspecified atom stereocenters. The number of rotatable bonds is 3. The van der Waals surface area contributed by atoms with Gasteiger partial charge in [-0.05, 0) is 99.7 Å².